The molecular formula is C12H17N3O2. The number of anilines is 1. The van der Waals surface area contributed by atoms with E-state index < -0.39 is 6.04 Å². The summed E-state index contributed by atoms with van der Waals surface area (Å²) in [6.07, 6.45) is 0. The fourth-order valence-corrected chi connectivity index (χ4v) is 1.29. The number of para-hydroxylation sites is 1. The zero-order chi connectivity index (χ0) is 12.8. The molecule has 92 valence electrons. The van der Waals surface area contributed by atoms with Crippen LogP contribution in [-0.2, 0) is 4.79 Å². The molecule has 0 aliphatic heterocycles. The van der Waals surface area contributed by atoms with Gasteiger partial charge in [0.1, 0.15) is 0 Å². The molecule has 4 N–H and O–H groups in total. The molecule has 0 heterocycles. The maximum atomic E-state index is 11.7. The van der Waals surface area contributed by atoms with Crippen molar-refractivity contribution >= 4 is 17.5 Å². The molecule has 1 atom stereocenters. The van der Waals surface area contributed by atoms with Gasteiger partial charge in [-0.05, 0) is 26.0 Å². The Morgan fingerprint density at radius 3 is 2.59 bits per heavy atom. The van der Waals surface area contributed by atoms with E-state index in [9.17, 15) is 9.59 Å². The van der Waals surface area contributed by atoms with Crippen molar-refractivity contribution in [2.24, 2.45) is 5.73 Å². The fraction of sp³-hybridized carbons (Fsp3) is 0.333. The number of carbonyl (C=O) groups excluding carboxylic acids is 2. The van der Waals surface area contributed by atoms with Crippen LogP contribution >= 0.6 is 0 Å². The highest BCUT2D eigenvalue weighted by molar-refractivity contribution is 6.04. The monoisotopic (exact) mass is 235 g/mol. The van der Waals surface area contributed by atoms with Gasteiger partial charge in [-0.15, -0.1) is 0 Å². The van der Waals surface area contributed by atoms with Crippen LogP contribution in [0.4, 0.5) is 5.69 Å². The van der Waals surface area contributed by atoms with E-state index in [0.29, 0.717) is 17.8 Å². The van der Waals surface area contributed by atoms with Crippen LogP contribution in [-0.4, -0.2) is 24.4 Å². The molecule has 5 nitrogen and oxygen atoms in total. The molecule has 0 aliphatic rings. The van der Waals surface area contributed by atoms with Gasteiger partial charge in [0.25, 0.3) is 5.91 Å². The van der Waals surface area contributed by atoms with Gasteiger partial charge in [0, 0.05) is 6.54 Å². The van der Waals surface area contributed by atoms with Crippen LogP contribution in [0, 0.1) is 0 Å². The van der Waals surface area contributed by atoms with Crippen molar-refractivity contribution in [1.82, 2.24) is 5.32 Å². The molecule has 0 spiro atoms. The van der Waals surface area contributed by atoms with Crippen LogP contribution in [0.3, 0.4) is 0 Å². The van der Waals surface area contributed by atoms with Crippen molar-refractivity contribution in [2.45, 2.75) is 19.9 Å². The molecule has 0 saturated carbocycles. The summed E-state index contributed by atoms with van der Waals surface area (Å²) >= 11 is 0. The minimum absolute atomic E-state index is 0.215. The third kappa shape index (κ3) is 3.57. The summed E-state index contributed by atoms with van der Waals surface area (Å²) in [7, 11) is 0. The molecular weight excluding hydrogens is 218 g/mol. The van der Waals surface area contributed by atoms with E-state index in [2.05, 4.69) is 10.6 Å². The number of amides is 2. The van der Waals surface area contributed by atoms with Crippen LogP contribution in [0.5, 0.6) is 0 Å². The minimum Gasteiger partial charge on any atom is -0.352 e. The first kappa shape index (κ1) is 13.2. The van der Waals surface area contributed by atoms with Gasteiger partial charge in [0.15, 0.2) is 0 Å². The molecule has 0 aliphatic carbocycles. The Morgan fingerprint density at radius 2 is 2.00 bits per heavy atom. The summed E-state index contributed by atoms with van der Waals surface area (Å²) in [6, 6.07) is 6.20. The van der Waals surface area contributed by atoms with Gasteiger partial charge in [0.05, 0.1) is 17.3 Å². The van der Waals surface area contributed by atoms with Crippen molar-refractivity contribution in [3.8, 4) is 0 Å². The average Bonchev–Trinajstić information content (AvgIpc) is 2.29. The zero-order valence-electron chi connectivity index (χ0n) is 9.99. The summed E-state index contributed by atoms with van der Waals surface area (Å²) in [5.74, 6) is -0.533. The molecule has 0 aromatic heterocycles. The maximum Gasteiger partial charge on any atom is 0.253 e. The van der Waals surface area contributed by atoms with Gasteiger partial charge in [0.2, 0.25) is 5.91 Å². The van der Waals surface area contributed by atoms with E-state index in [0.717, 1.165) is 0 Å². The van der Waals surface area contributed by atoms with Crippen molar-refractivity contribution in [3.63, 3.8) is 0 Å². The summed E-state index contributed by atoms with van der Waals surface area (Å²) in [5, 5.41) is 5.31. The average molecular weight is 235 g/mol. The highest BCUT2D eigenvalue weighted by Crippen LogP contribution is 2.14. The van der Waals surface area contributed by atoms with Crippen molar-refractivity contribution in [1.29, 1.82) is 0 Å². The Hall–Kier alpha value is -1.88. The largest absolute Gasteiger partial charge is 0.352 e. The Balaban J connectivity index is 2.92. The van der Waals surface area contributed by atoms with E-state index in [-0.39, 0.29) is 11.8 Å². The zero-order valence-corrected chi connectivity index (χ0v) is 9.99. The number of nitrogens with one attached hydrogen (secondary N) is 2. The van der Waals surface area contributed by atoms with E-state index in [4.69, 9.17) is 5.73 Å². The number of carbonyl (C=O) groups is 2. The maximum absolute atomic E-state index is 11.7. The second-order valence-corrected chi connectivity index (χ2v) is 3.68. The lowest BCUT2D eigenvalue weighted by molar-refractivity contribution is -0.117. The van der Waals surface area contributed by atoms with Gasteiger partial charge in [-0.1, -0.05) is 12.1 Å². The second-order valence-electron chi connectivity index (χ2n) is 3.68. The number of rotatable bonds is 4. The minimum atomic E-state index is -0.614. The first-order chi connectivity index (χ1) is 8.06. The van der Waals surface area contributed by atoms with Gasteiger partial charge in [-0.25, -0.2) is 0 Å². The normalized spacial score (nSPS) is 11.7. The summed E-state index contributed by atoms with van der Waals surface area (Å²) < 4.78 is 0. The molecule has 1 aromatic carbocycles. The lowest BCUT2D eigenvalue weighted by atomic mass is 10.1. The summed E-state index contributed by atoms with van der Waals surface area (Å²) in [6.45, 7) is 3.96. The first-order valence-electron chi connectivity index (χ1n) is 5.50. The number of benzene rings is 1. The van der Waals surface area contributed by atoms with Gasteiger partial charge >= 0.3 is 0 Å². The third-order valence-electron chi connectivity index (χ3n) is 2.18. The Kier molecular flexibility index (Phi) is 4.66. The standard InChI is InChI=1S/C12H17N3O2/c1-3-14-12(17)9-6-4-5-7-10(9)15-11(16)8(2)13/h4-8H,3,13H2,1-2H3,(H,14,17)(H,15,16)/t8-/m0/s1. The Morgan fingerprint density at radius 1 is 1.35 bits per heavy atom. The quantitative estimate of drug-likeness (QED) is 0.719. The molecule has 0 radical (unpaired) electrons. The summed E-state index contributed by atoms with van der Waals surface area (Å²) in [5.41, 5.74) is 6.36. The van der Waals surface area contributed by atoms with Crippen molar-refractivity contribution < 1.29 is 9.59 Å². The highest BCUT2D eigenvalue weighted by atomic mass is 16.2. The van der Waals surface area contributed by atoms with Gasteiger partial charge < -0.3 is 16.4 Å². The molecule has 0 saturated heterocycles. The lowest BCUT2D eigenvalue weighted by Crippen LogP contribution is -2.33. The molecule has 17 heavy (non-hydrogen) atoms. The molecule has 1 rings (SSSR count). The van der Waals surface area contributed by atoms with E-state index >= 15 is 0 Å². The predicted octanol–water partition coefficient (Wildman–Crippen LogP) is 0.722. The van der Waals surface area contributed by atoms with Crippen LogP contribution in [0.25, 0.3) is 0 Å². The van der Waals surface area contributed by atoms with Crippen molar-refractivity contribution in [2.75, 3.05) is 11.9 Å². The van der Waals surface area contributed by atoms with Crippen LogP contribution < -0.4 is 16.4 Å². The molecule has 1 aromatic rings. The molecule has 5 heteroatoms. The fourth-order valence-electron chi connectivity index (χ4n) is 1.29. The third-order valence-corrected chi connectivity index (χ3v) is 2.18. The number of nitrogens with two attached hydrogens (primary N) is 1. The Labute approximate surface area is 100 Å². The highest BCUT2D eigenvalue weighted by Gasteiger charge is 2.13. The first-order valence-corrected chi connectivity index (χ1v) is 5.50. The topological polar surface area (TPSA) is 84.2 Å². The molecule has 2 amide bonds. The predicted molar refractivity (Wildman–Crippen MR) is 66.7 cm³/mol. The van der Waals surface area contributed by atoms with E-state index in [1.165, 1.54) is 0 Å². The molecule has 0 unspecified atom stereocenters. The Bertz CT molecular complexity index is 416. The van der Waals surface area contributed by atoms with Crippen LogP contribution in [0.2, 0.25) is 0 Å². The number of hydrogen-bond acceptors (Lipinski definition) is 3. The van der Waals surface area contributed by atoms with Crippen molar-refractivity contribution in [3.05, 3.63) is 29.8 Å². The SMILES string of the molecule is CCNC(=O)c1ccccc1NC(=O)[C@H](C)N. The summed E-state index contributed by atoms with van der Waals surface area (Å²) in [4.78, 5) is 23.2. The molecule has 0 bridgehead atoms. The lowest BCUT2D eigenvalue weighted by Gasteiger charge is -2.12. The number of hydrogen-bond donors (Lipinski definition) is 3. The molecule has 0 fully saturated rings. The van der Waals surface area contributed by atoms with E-state index in [1.54, 1.807) is 31.2 Å². The van der Waals surface area contributed by atoms with Gasteiger partial charge in [-0.2, -0.15) is 0 Å². The van der Waals surface area contributed by atoms with E-state index in [1.807, 2.05) is 6.92 Å². The smallest absolute Gasteiger partial charge is 0.253 e. The second kappa shape index (κ2) is 6.00. The van der Waals surface area contributed by atoms with Crippen LogP contribution in [0.1, 0.15) is 24.2 Å². The van der Waals surface area contributed by atoms with Gasteiger partial charge in [-0.3, -0.25) is 9.59 Å². The van der Waals surface area contributed by atoms with Crippen LogP contribution in [0.15, 0.2) is 24.3 Å².